The Morgan fingerprint density at radius 1 is 1.06 bits per heavy atom. The number of ketones is 1. The average Bonchev–Trinajstić information content (AvgIpc) is 3.29. The Hall–Kier alpha value is -3.55. The van der Waals surface area contributed by atoms with Crippen molar-refractivity contribution in [3.63, 3.8) is 0 Å². The largest absolute Gasteiger partial charge is 0.478 e. The Morgan fingerprint density at radius 2 is 1.78 bits per heavy atom. The summed E-state index contributed by atoms with van der Waals surface area (Å²) in [6.45, 7) is 5.82. The molecule has 4 aromatic rings. The first-order valence-corrected chi connectivity index (χ1v) is 12.7. The number of thiazole rings is 1. The van der Waals surface area contributed by atoms with Crippen molar-refractivity contribution < 1.29 is 14.7 Å². The van der Waals surface area contributed by atoms with Crippen LogP contribution >= 0.6 is 22.9 Å². The van der Waals surface area contributed by atoms with Crippen LogP contribution in [0.25, 0.3) is 27.5 Å². The van der Waals surface area contributed by atoms with Crippen molar-refractivity contribution in [1.29, 1.82) is 0 Å². The van der Waals surface area contributed by atoms with Crippen LogP contribution in [0.4, 0.5) is 0 Å². The highest BCUT2D eigenvalue weighted by Gasteiger charge is 2.35. The molecule has 0 bridgehead atoms. The highest BCUT2D eigenvalue weighted by molar-refractivity contribution is 7.13. The van der Waals surface area contributed by atoms with Gasteiger partial charge in [0.25, 0.3) is 5.56 Å². The molecular formula is C28H23ClN2O4S. The molecule has 8 heteroatoms. The molecule has 1 N–H and O–H groups in total. The predicted molar refractivity (Wildman–Crippen MR) is 142 cm³/mol. The highest BCUT2D eigenvalue weighted by Crippen LogP contribution is 2.37. The zero-order valence-electron chi connectivity index (χ0n) is 20.0. The number of carboxylic acids is 1. The first-order chi connectivity index (χ1) is 17.0. The van der Waals surface area contributed by atoms with E-state index in [-0.39, 0.29) is 22.3 Å². The molecule has 0 radical (unpaired) electrons. The number of carbonyl (C=O) groups is 2. The van der Waals surface area contributed by atoms with E-state index in [0.717, 1.165) is 11.1 Å². The van der Waals surface area contributed by atoms with Crippen LogP contribution in [0.5, 0.6) is 0 Å². The number of Topliss-reactive ketones (excluding diaryl/α,β-unsaturated/α-hetero) is 1. The molecule has 0 fully saturated rings. The summed E-state index contributed by atoms with van der Waals surface area (Å²) in [6.07, 6.45) is 0.869. The molecule has 2 aromatic carbocycles. The van der Waals surface area contributed by atoms with Gasteiger partial charge >= 0.3 is 5.97 Å². The Morgan fingerprint density at radius 3 is 2.47 bits per heavy atom. The van der Waals surface area contributed by atoms with E-state index < -0.39 is 5.97 Å². The van der Waals surface area contributed by atoms with Crippen LogP contribution in [0.15, 0.2) is 58.7 Å². The molecule has 6 nitrogen and oxygen atoms in total. The number of aromatic carboxylic acids is 1. The van der Waals surface area contributed by atoms with Crippen molar-refractivity contribution in [1.82, 2.24) is 9.55 Å². The molecule has 0 aliphatic heterocycles. The number of pyridine rings is 1. The molecule has 0 atom stereocenters. The number of aryl methyl sites for hydroxylation is 1. The maximum Gasteiger partial charge on any atom is 0.335 e. The molecule has 1 aliphatic carbocycles. The van der Waals surface area contributed by atoms with Crippen molar-refractivity contribution >= 4 is 34.7 Å². The molecule has 0 saturated heterocycles. The van der Waals surface area contributed by atoms with Gasteiger partial charge in [-0.05, 0) is 54.7 Å². The fourth-order valence-corrected chi connectivity index (χ4v) is 5.62. The Kier molecular flexibility index (Phi) is 5.93. The first kappa shape index (κ1) is 24.2. The minimum atomic E-state index is -1.08. The minimum absolute atomic E-state index is 0.0437. The van der Waals surface area contributed by atoms with E-state index >= 15 is 0 Å². The minimum Gasteiger partial charge on any atom is -0.478 e. The summed E-state index contributed by atoms with van der Waals surface area (Å²) >= 11 is 7.33. The second-order valence-corrected chi connectivity index (χ2v) is 11.1. The monoisotopic (exact) mass is 518 g/mol. The third kappa shape index (κ3) is 4.29. The summed E-state index contributed by atoms with van der Waals surface area (Å²) in [4.78, 5) is 43.7. The van der Waals surface area contributed by atoms with Crippen LogP contribution in [-0.2, 0) is 6.42 Å². The lowest BCUT2D eigenvalue weighted by atomic mass is 9.75. The normalized spacial score (nSPS) is 14.5. The summed E-state index contributed by atoms with van der Waals surface area (Å²) in [7, 11) is 0. The van der Waals surface area contributed by atoms with E-state index in [1.807, 2.05) is 38.3 Å². The highest BCUT2D eigenvalue weighted by atomic mass is 35.5. The van der Waals surface area contributed by atoms with Gasteiger partial charge in [-0.3, -0.25) is 14.2 Å². The molecule has 1 aliphatic rings. The molecule has 182 valence electrons. The van der Waals surface area contributed by atoms with E-state index in [2.05, 4.69) is 0 Å². The van der Waals surface area contributed by atoms with Gasteiger partial charge in [-0.25, -0.2) is 9.78 Å². The third-order valence-electron chi connectivity index (χ3n) is 6.46. The zero-order valence-corrected chi connectivity index (χ0v) is 21.5. The Balaban J connectivity index is 1.77. The summed E-state index contributed by atoms with van der Waals surface area (Å²) in [5, 5.41) is 12.6. The second kappa shape index (κ2) is 8.84. The van der Waals surface area contributed by atoms with Crippen LogP contribution < -0.4 is 5.56 Å². The van der Waals surface area contributed by atoms with Crippen LogP contribution in [0.2, 0.25) is 5.02 Å². The molecule has 5 rings (SSSR count). The average molecular weight is 519 g/mol. The number of halogens is 1. The third-order valence-corrected chi connectivity index (χ3v) is 7.59. The maximum atomic E-state index is 14.0. The fourth-order valence-electron chi connectivity index (χ4n) is 4.66. The van der Waals surface area contributed by atoms with Crippen molar-refractivity contribution in [3.8, 4) is 27.5 Å². The van der Waals surface area contributed by atoms with Crippen molar-refractivity contribution in [2.45, 2.75) is 33.6 Å². The molecule has 0 amide bonds. The van der Waals surface area contributed by atoms with Gasteiger partial charge in [0.05, 0.1) is 22.5 Å². The zero-order chi connectivity index (χ0) is 25.8. The number of carbonyl (C=O) groups excluding carboxylic acids is 1. The Labute approximate surface area is 216 Å². The van der Waals surface area contributed by atoms with Gasteiger partial charge in [-0.1, -0.05) is 43.6 Å². The van der Waals surface area contributed by atoms with Gasteiger partial charge in [0.15, 0.2) is 5.78 Å². The molecular weight excluding hydrogens is 496 g/mol. The Bertz CT molecular complexity index is 1600. The first-order valence-electron chi connectivity index (χ1n) is 11.4. The van der Waals surface area contributed by atoms with Gasteiger partial charge < -0.3 is 5.11 Å². The number of fused-ring (bicyclic) bond motifs is 1. The van der Waals surface area contributed by atoms with Gasteiger partial charge in [0.1, 0.15) is 5.01 Å². The molecule has 0 saturated carbocycles. The molecule has 2 heterocycles. The van der Waals surface area contributed by atoms with Crippen LogP contribution in [0, 0.1) is 12.3 Å². The van der Waals surface area contributed by atoms with E-state index in [1.54, 1.807) is 24.3 Å². The summed E-state index contributed by atoms with van der Waals surface area (Å²) in [6, 6.07) is 13.6. The topological polar surface area (TPSA) is 89.3 Å². The second-order valence-electron chi connectivity index (χ2n) is 9.85. The van der Waals surface area contributed by atoms with Crippen LogP contribution in [0.3, 0.4) is 0 Å². The van der Waals surface area contributed by atoms with Crippen molar-refractivity contribution in [3.05, 3.63) is 91.7 Å². The van der Waals surface area contributed by atoms with E-state index in [1.165, 1.54) is 28.0 Å². The van der Waals surface area contributed by atoms with Crippen LogP contribution in [0.1, 0.15) is 52.2 Å². The lowest BCUT2D eigenvalue weighted by Crippen LogP contribution is -2.35. The molecule has 36 heavy (non-hydrogen) atoms. The lowest BCUT2D eigenvalue weighted by molar-refractivity contribution is 0.0696. The maximum absolute atomic E-state index is 14.0. The lowest BCUT2D eigenvalue weighted by Gasteiger charge is -2.32. The van der Waals surface area contributed by atoms with Gasteiger partial charge in [-0.2, -0.15) is 0 Å². The predicted octanol–water partition coefficient (Wildman–Crippen LogP) is 6.44. The van der Waals surface area contributed by atoms with Gasteiger partial charge in [0, 0.05) is 33.6 Å². The van der Waals surface area contributed by atoms with E-state index in [4.69, 9.17) is 16.6 Å². The van der Waals surface area contributed by atoms with Crippen LogP contribution in [-0.4, -0.2) is 26.4 Å². The van der Waals surface area contributed by atoms with Gasteiger partial charge in [0.2, 0.25) is 0 Å². The number of carboxylic acid groups (broad SMARTS) is 1. The summed E-state index contributed by atoms with van der Waals surface area (Å²) in [5.41, 5.74) is 3.56. The van der Waals surface area contributed by atoms with Gasteiger partial charge in [-0.15, -0.1) is 11.3 Å². The van der Waals surface area contributed by atoms with E-state index in [9.17, 15) is 19.5 Å². The van der Waals surface area contributed by atoms with Crippen molar-refractivity contribution in [2.75, 3.05) is 0 Å². The molecule has 2 aromatic heterocycles. The fraction of sp³-hybridized carbons (Fsp3) is 0.214. The number of benzene rings is 2. The molecule has 0 spiro atoms. The number of rotatable bonds is 4. The van der Waals surface area contributed by atoms with E-state index in [0.29, 0.717) is 51.1 Å². The smallest absolute Gasteiger partial charge is 0.335 e. The number of aromatic nitrogens is 2. The summed E-state index contributed by atoms with van der Waals surface area (Å²) in [5.74, 6) is -1.13. The standard InChI is InChI=1S/C28H23ClN2O4S/c1-15-4-5-17(27(34)35)10-22(15)31-23-12-28(2,3)13-24(32)19(23)11-20(26(31)33)25-30-21(14-36-25)16-6-8-18(29)9-7-16/h4-11,14H,12-13H2,1-3H3,(H,34,35). The SMILES string of the molecule is Cc1ccc(C(=O)O)cc1-n1c2c(cc(-c3nc(-c4ccc(Cl)cc4)cs3)c1=O)C(=O)CC(C)(C)C2. The number of nitrogens with zero attached hydrogens (tertiary/aromatic N) is 2. The van der Waals surface area contributed by atoms with Crippen molar-refractivity contribution in [2.24, 2.45) is 5.41 Å². The molecule has 0 unspecified atom stereocenters. The quantitative estimate of drug-likeness (QED) is 0.335. The number of hydrogen-bond donors (Lipinski definition) is 1. The number of hydrogen-bond acceptors (Lipinski definition) is 5. The summed E-state index contributed by atoms with van der Waals surface area (Å²) < 4.78 is 1.52.